The number of nitrogens with zero attached hydrogens (tertiary/aromatic N) is 4. The minimum absolute atomic E-state index is 0.0982. The molecule has 0 fully saturated rings. The van der Waals surface area contributed by atoms with E-state index in [0.717, 1.165) is 17.7 Å². The standard InChI is InChI=1S/C27H27N5S/c1-5-31-23-9-7-6-8-21(23)22-16-18(10-15-24(22)31)17-28-32-25(29-30-26(32)33)19-11-13-20(14-12-19)27(2,3)4/h6-17H,5H2,1-4H3,(H,30,33)/b28-17-. The van der Waals surface area contributed by atoms with E-state index in [-0.39, 0.29) is 5.41 Å². The Morgan fingerprint density at radius 1 is 0.970 bits per heavy atom. The molecule has 166 valence electrons. The molecule has 0 aliphatic heterocycles. The SMILES string of the molecule is CCn1c2ccccc2c2cc(/C=N\n3c(-c4ccc(C(C)(C)C)cc4)n[nH]c3=S)ccc21. The third-order valence-electron chi connectivity index (χ3n) is 6.09. The molecular formula is C27H27N5S. The molecule has 0 aliphatic rings. The number of hydrogen-bond acceptors (Lipinski definition) is 3. The predicted octanol–water partition coefficient (Wildman–Crippen LogP) is 6.92. The molecule has 0 radical (unpaired) electrons. The molecule has 33 heavy (non-hydrogen) atoms. The van der Waals surface area contributed by atoms with Gasteiger partial charge in [0.05, 0.1) is 6.21 Å². The fourth-order valence-corrected chi connectivity index (χ4v) is 4.50. The normalized spacial score (nSPS) is 12.4. The maximum Gasteiger partial charge on any atom is 0.216 e. The maximum atomic E-state index is 5.46. The zero-order valence-corrected chi connectivity index (χ0v) is 20.1. The van der Waals surface area contributed by atoms with Gasteiger partial charge in [0.1, 0.15) is 0 Å². The third kappa shape index (κ3) is 3.80. The molecular weight excluding hydrogens is 426 g/mol. The van der Waals surface area contributed by atoms with E-state index in [9.17, 15) is 0 Å². The van der Waals surface area contributed by atoms with E-state index in [1.54, 1.807) is 4.68 Å². The van der Waals surface area contributed by atoms with Crippen molar-refractivity contribution in [1.29, 1.82) is 0 Å². The molecule has 0 saturated heterocycles. The second kappa shape index (κ2) is 8.12. The maximum absolute atomic E-state index is 5.46. The summed E-state index contributed by atoms with van der Waals surface area (Å²) < 4.78 is 4.49. The first-order valence-corrected chi connectivity index (χ1v) is 11.6. The first-order chi connectivity index (χ1) is 15.9. The average molecular weight is 454 g/mol. The van der Waals surface area contributed by atoms with Crippen molar-refractivity contribution in [2.45, 2.75) is 39.7 Å². The van der Waals surface area contributed by atoms with E-state index in [1.165, 1.54) is 27.4 Å². The van der Waals surface area contributed by atoms with Gasteiger partial charge in [-0.15, -0.1) is 0 Å². The summed E-state index contributed by atoms with van der Waals surface area (Å²) >= 11 is 5.46. The van der Waals surface area contributed by atoms with Crippen LogP contribution in [0, 0.1) is 4.77 Å². The van der Waals surface area contributed by atoms with Gasteiger partial charge in [-0.2, -0.15) is 14.9 Å². The van der Waals surface area contributed by atoms with Crippen LogP contribution in [-0.4, -0.2) is 25.7 Å². The molecule has 0 atom stereocenters. The molecule has 0 unspecified atom stereocenters. The van der Waals surface area contributed by atoms with Gasteiger partial charge in [0.2, 0.25) is 4.77 Å². The van der Waals surface area contributed by atoms with Crippen LogP contribution in [-0.2, 0) is 12.0 Å². The Balaban J connectivity index is 1.53. The van der Waals surface area contributed by atoms with Crippen molar-refractivity contribution in [3.8, 4) is 11.4 Å². The van der Waals surface area contributed by atoms with Gasteiger partial charge in [0.15, 0.2) is 5.82 Å². The Hall–Kier alpha value is -3.51. The van der Waals surface area contributed by atoms with Crippen molar-refractivity contribution in [3.05, 3.63) is 82.6 Å². The van der Waals surface area contributed by atoms with Crippen LogP contribution in [0.3, 0.4) is 0 Å². The summed E-state index contributed by atoms with van der Waals surface area (Å²) in [7, 11) is 0. The lowest BCUT2D eigenvalue weighted by molar-refractivity contribution is 0.590. The number of aromatic nitrogens is 4. The number of H-pyrrole nitrogens is 1. The second-order valence-electron chi connectivity index (χ2n) is 9.27. The molecule has 3 aromatic carbocycles. The van der Waals surface area contributed by atoms with Crippen molar-refractivity contribution in [2.75, 3.05) is 0 Å². The van der Waals surface area contributed by atoms with Crippen molar-refractivity contribution in [3.63, 3.8) is 0 Å². The van der Waals surface area contributed by atoms with Crippen molar-refractivity contribution < 1.29 is 0 Å². The summed E-state index contributed by atoms with van der Waals surface area (Å²) in [6.07, 6.45) is 1.84. The second-order valence-corrected chi connectivity index (χ2v) is 9.66. The highest BCUT2D eigenvalue weighted by Gasteiger charge is 2.15. The molecule has 2 heterocycles. The Kier molecular flexibility index (Phi) is 5.25. The molecule has 0 bridgehead atoms. The average Bonchev–Trinajstić information content (AvgIpc) is 3.34. The number of nitrogens with one attached hydrogen (secondary N) is 1. The van der Waals surface area contributed by atoms with E-state index >= 15 is 0 Å². The number of hydrogen-bond donors (Lipinski definition) is 1. The third-order valence-corrected chi connectivity index (χ3v) is 6.36. The van der Waals surface area contributed by atoms with Crippen LogP contribution >= 0.6 is 12.2 Å². The number of fused-ring (bicyclic) bond motifs is 3. The largest absolute Gasteiger partial charge is 0.341 e. The number of benzene rings is 3. The van der Waals surface area contributed by atoms with Crippen LogP contribution in [0.25, 0.3) is 33.2 Å². The monoisotopic (exact) mass is 453 g/mol. The quantitative estimate of drug-likeness (QED) is 0.237. The van der Waals surface area contributed by atoms with Gasteiger partial charge in [-0.25, -0.2) is 5.10 Å². The zero-order valence-electron chi connectivity index (χ0n) is 19.3. The summed E-state index contributed by atoms with van der Waals surface area (Å²) in [6, 6.07) is 23.4. The van der Waals surface area contributed by atoms with Gasteiger partial charge in [-0.3, -0.25) is 0 Å². The molecule has 0 aliphatic carbocycles. The number of aryl methyl sites for hydroxylation is 1. The van der Waals surface area contributed by atoms with Crippen LogP contribution in [0.1, 0.15) is 38.8 Å². The van der Waals surface area contributed by atoms with E-state index in [1.807, 2.05) is 6.21 Å². The summed E-state index contributed by atoms with van der Waals surface area (Å²) in [5, 5.41) is 14.5. The first-order valence-electron chi connectivity index (χ1n) is 11.2. The first kappa shape index (κ1) is 21.3. The number of aromatic amines is 1. The Morgan fingerprint density at radius 3 is 2.42 bits per heavy atom. The molecule has 1 N–H and O–H groups in total. The topological polar surface area (TPSA) is 50.9 Å². The highest BCUT2D eigenvalue weighted by molar-refractivity contribution is 7.71. The predicted molar refractivity (Wildman–Crippen MR) is 140 cm³/mol. The van der Waals surface area contributed by atoms with Gasteiger partial charge in [-0.05, 0) is 53.9 Å². The van der Waals surface area contributed by atoms with Crippen molar-refractivity contribution in [1.82, 2.24) is 19.4 Å². The molecule has 5 rings (SSSR count). The minimum atomic E-state index is 0.0982. The summed E-state index contributed by atoms with van der Waals surface area (Å²) in [6.45, 7) is 9.72. The zero-order chi connectivity index (χ0) is 23.2. The lowest BCUT2D eigenvalue weighted by Gasteiger charge is -2.18. The number of para-hydroxylation sites is 1. The fraction of sp³-hybridized carbons (Fsp3) is 0.222. The lowest BCUT2D eigenvalue weighted by Crippen LogP contribution is -2.10. The van der Waals surface area contributed by atoms with Crippen LogP contribution in [0.4, 0.5) is 0 Å². The molecule has 0 amide bonds. The summed E-state index contributed by atoms with van der Waals surface area (Å²) in [4.78, 5) is 0. The highest BCUT2D eigenvalue weighted by Crippen LogP contribution is 2.29. The number of rotatable bonds is 4. The van der Waals surface area contributed by atoms with Gasteiger partial charge in [0, 0.05) is 33.9 Å². The summed E-state index contributed by atoms with van der Waals surface area (Å²) in [5.74, 6) is 0.695. The van der Waals surface area contributed by atoms with Crippen LogP contribution in [0.15, 0.2) is 71.8 Å². The highest BCUT2D eigenvalue weighted by atomic mass is 32.1. The molecule has 6 heteroatoms. The Labute approximate surface area is 198 Å². The van der Waals surface area contributed by atoms with E-state index in [2.05, 4.69) is 114 Å². The molecule has 5 nitrogen and oxygen atoms in total. The van der Waals surface area contributed by atoms with E-state index in [4.69, 9.17) is 12.2 Å². The lowest BCUT2D eigenvalue weighted by atomic mass is 9.87. The van der Waals surface area contributed by atoms with Crippen molar-refractivity contribution >= 4 is 40.2 Å². The van der Waals surface area contributed by atoms with Crippen LogP contribution in [0.5, 0.6) is 0 Å². The Bertz CT molecular complexity index is 1540. The molecule has 0 spiro atoms. The van der Waals surface area contributed by atoms with Gasteiger partial charge in [-0.1, -0.05) is 69.3 Å². The van der Waals surface area contributed by atoms with Crippen molar-refractivity contribution in [2.24, 2.45) is 5.10 Å². The molecule has 5 aromatic rings. The van der Waals surface area contributed by atoms with E-state index in [0.29, 0.717) is 10.6 Å². The molecule has 2 aromatic heterocycles. The van der Waals surface area contributed by atoms with Gasteiger partial charge < -0.3 is 4.57 Å². The van der Waals surface area contributed by atoms with E-state index < -0.39 is 0 Å². The fourth-order valence-electron chi connectivity index (χ4n) is 4.32. The summed E-state index contributed by atoms with van der Waals surface area (Å²) in [5.41, 5.74) is 5.83. The van der Waals surface area contributed by atoms with Gasteiger partial charge in [0.25, 0.3) is 0 Å². The Morgan fingerprint density at radius 2 is 1.70 bits per heavy atom. The van der Waals surface area contributed by atoms with Crippen LogP contribution in [0.2, 0.25) is 0 Å². The minimum Gasteiger partial charge on any atom is -0.341 e. The smallest absolute Gasteiger partial charge is 0.216 e. The molecule has 0 saturated carbocycles. The van der Waals surface area contributed by atoms with Crippen LogP contribution < -0.4 is 0 Å². The van der Waals surface area contributed by atoms with Gasteiger partial charge >= 0.3 is 0 Å².